The van der Waals surface area contributed by atoms with Crippen LogP contribution in [0.25, 0.3) is 0 Å². The molecule has 1 amide bonds. The highest BCUT2D eigenvalue weighted by molar-refractivity contribution is 9.10. The van der Waals surface area contributed by atoms with Crippen LogP contribution in [0.2, 0.25) is 0 Å². The van der Waals surface area contributed by atoms with Crippen LogP contribution in [-0.4, -0.2) is 22.5 Å². The topological polar surface area (TPSA) is 66.4 Å². The van der Waals surface area contributed by atoms with Gasteiger partial charge in [0, 0.05) is 4.47 Å². The minimum absolute atomic E-state index is 0.175. The normalized spacial score (nSPS) is 11.1. The Morgan fingerprint density at radius 1 is 1.32 bits per heavy atom. The van der Waals surface area contributed by atoms with Gasteiger partial charge in [-0.2, -0.15) is 0 Å². The number of amides is 1. The molecule has 5 heteroatoms. The number of benzene rings is 1. The monoisotopic (exact) mass is 327 g/mol. The van der Waals surface area contributed by atoms with Crippen LogP contribution in [-0.2, 0) is 16.0 Å². The van der Waals surface area contributed by atoms with E-state index in [1.54, 1.807) is 13.8 Å². The number of hydrogen-bond donors (Lipinski definition) is 2. The summed E-state index contributed by atoms with van der Waals surface area (Å²) in [6.07, 6.45) is 0.903. The second-order valence-corrected chi connectivity index (χ2v) is 5.36. The summed E-state index contributed by atoms with van der Waals surface area (Å²) < 4.78 is 0.897. The van der Waals surface area contributed by atoms with Crippen molar-refractivity contribution in [1.29, 1.82) is 0 Å². The van der Waals surface area contributed by atoms with Crippen molar-refractivity contribution in [2.45, 2.75) is 38.6 Å². The molecule has 0 heterocycles. The number of carboxylic acids is 1. The predicted molar refractivity (Wildman–Crippen MR) is 76.9 cm³/mol. The average Bonchev–Trinajstić information content (AvgIpc) is 2.35. The summed E-state index contributed by atoms with van der Waals surface area (Å²) in [6.45, 7) is 3.52. The van der Waals surface area contributed by atoms with Gasteiger partial charge in [-0.25, -0.2) is 4.79 Å². The van der Waals surface area contributed by atoms with Gasteiger partial charge in [-0.3, -0.25) is 4.79 Å². The molecule has 0 aliphatic heterocycles. The zero-order valence-corrected chi connectivity index (χ0v) is 12.7. The van der Waals surface area contributed by atoms with Gasteiger partial charge in [0.05, 0.1) is 6.42 Å². The Hall–Kier alpha value is -1.36. The number of halogens is 1. The highest BCUT2D eigenvalue weighted by Gasteiger charge is 2.36. The van der Waals surface area contributed by atoms with Crippen molar-refractivity contribution >= 4 is 27.8 Å². The fraction of sp³-hybridized carbons (Fsp3) is 0.429. The second kappa shape index (κ2) is 6.70. The fourth-order valence-electron chi connectivity index (χ4n) is 1.93. The van der Waals surface area contributed by atoms with Gasteiger partial charge in [-0.05, 0) is 30.5 Å². The van der Waals surface area contributed by atoms with E-state index >= 15 is 0 Å². The van der Waals surface area contributed by atoms with Gasteiger partial charge in [-0.1, -0.05) is 41.9 Å². The molecule has 0 aliphatic rings. The first-order chi connectivity index (χ1) is 8.93. The predicted octanol–water partition coefficient (Wildman–Crippen LogP) is 2.75. The SMILES string of the molecule is CCC(CC)(NC(=O)Cc1cccc(Br)c1)C(=O)O. The van der Waals surface area contributed by atoms with E-state index < -0.39 is 11.5 Å². The minimum Gasteiger partial charge on any atom is -0.480 e. The van der Waals surface area contributed by atoms with Gasteiger partial charge < -0.3 is 10.4 Å². The molecule has 1 aromatic rings. The largest absolute Gasteiger partial charge is 0.480 e. The Bertz CT molecular complexity index is 470. The van der Waals surface area contributed by atoms with Crippen molar-refractivity contribution in [2.24, 2.45) is 0 Å². The number of hydrogen-bond acceptors (Lipinski definition) is 2. The molecule has 1 aromatic carbocycles. The van der Waals surface area contributed by atoms with Crippen LogP contribution in [0.15, 0.2) is 28.7 Å². The second-order valence-electron chi connectivity index (χ2n) is 4.45. The molecular weight excluding hydrogens is 310 g/mol. The summed E-state index contributed by atoms with van der Waals surface area (Å²) in [7, 11) is 0. The van der Waals surface area contributed by atoms with Gasteiger partial charge >= 0.3 is 5.97 Å². The van der Waals surface area contributed by atoms with Crippen molar-refractivity contribution in [3.05, 3.63) is 34.3 Å². The van der Waals surface area contributed by atoms with Crippen molar-refractivity contribution < 1.29 is 14.7 Å². The number of carbonyl (C=O) groups excluding carboxylic acids is 1. The van der Waals surface area contributed by atoms with Crippen LogP contribution in [0.5, 0.6) is 0 Å². The highest BCUT2D eigenvalue weighted by Crippen LogP contribution is 2.17. The molecule has 0 saturated carbocycles. The third-order valence-corrected chi connectivity index (χ3v) is 3.74. The maximum Gasteiger partial charge on any atom is 0.329 e. The Labute approximate surface area is 121 Å². The number of nitrogens with one attached hydrogen (secondary N) is 1. The van der Waals surface area contributed by atoms with E-state index in [1.165, 1.54) is 0 Å². The fourth-order valence-corrected chi connectivity index (χ4v) is 2.37. The highest BCUT2D eigenvalue weighted by atomic mass is 79.9. The van der Waals surface area contributed by atoms with Crippen LogP contribution in [0, 0.1) is 0 Å². The zero-order chi connectivity index (χ0) is 14.5. The smallest absolute Gasteiger partial charge is 0.329 e. The summed E-state index contributed by atoms with van der Waals surface area (Å²) in [5, 5.41) is 11.9. The van der Waals surface area contributed by atoms with Gasteiger partial charge in [0.2, 0.25) is 5.91 Å². The third kappa shape index (κ3) is 4.06. The molecule has 0 unspecified atom stereocenters. The van der Waals surface area contributed by atoms with E-state index in [4.69, 9.17) is 0 Å². The molecule has 0 aromatic heterocycles. The molecule has 0 aliphatic carbocycles. The average molecular weight is 328 g/mol. The van der Waals surface area contributed by atoms with E-state index in [-0.39, 0.29) is 12.3 Å². The molecule has 0 bridgehead atoms. The lowest BCUT2D eigenvalue weighted by Gasteiger charge is -2.28. The third-order valence-electron chi connectivity index (χ3n) is 3.25. The molecule has 0 radical (unpaired) electrons. The van der Waals surface area contributed by atoms with Crippen molar-refractivity contribution in [3.8, 4) is 0 Å². The van der Waals surface area contributed by atoms with E-state index in [0.29, 0.717) is 12.8 Å². The standard InChI is InChI=1S/C14H18BrNO3/c1-3-14(4-2,13(18)19)16-12(17)9-10-6-5-7-11(15)8-10/h5-8H,3-4,9H2,1-2H3,(H,16,17)(H,18,19). The van der Waals surface area contributed by atoms with Crippen LogP contribution >= 0.6 is 15.9 Å². The van der Waals surface area contributed by atoms with Crippen LogP contribution < -0.4 is 5.32 Å². The van der Waals surface area contributed by atoms with Gasteiger partial charge in [-0.15, -0.1) is 0 Å². The van der Waals surface area contributed by atoms with Gasteiger partial charge in [0.15, 0.2) is 0 Å². The molecule has 0 atom stereocenters. The molecule has 1 rings (SSSR count). The Balaban J connectivity index is 2.76. The Morgan fingerprint density at radius 3 is 2.42 bits per heavy atom. The molecule has 104 valence electrons. The number of carboxylic acid groups (broad SMARTS) is 1. The zero-order valence-electron chi connectivity index (χ0n) is 11.1. The van der Waals surface area contributed by atoms with E-state index in [0.717, 1.165) is 10.0 Å². The first-order valence-corrected chi connectivity index (χ1v) is 7.01. The summed E-state index contributed by atoms with van der Waals surface area (Å²) >= 11 is 3.34. The Kier molecular flexibility index (Phi) is 5.54. The van der Waals surface area contributed by atoms with Crippen LogP contribution in [0.4, 0.5) is 0 Å². The lowest BCUT2D eigenvalue weighted by atomic mass is 9.92. The molecule has 0 spiro atoms. The van der Waals surface area contributed by atoms with Crippen molar-refractivity contribution in [3.63, 3.8) is 0 Å². The number of carbonyl (C=O) groups is 2. The molecule has 2 N–H and O–H groups in total. The summed E-state index contributed by atoms with van der Waals surface area (Å²) in [6, 6.07) is 7.41. The van der Waals surface area contributed by atoms with Gasteiger partial charge in [0.25, 0.3) is 0 Å². The summed E-state index contributed by atoms with van der Waals surface area (Å²) in [5.74, 6) is -1.26. The van der Waals surface area contributed by atoms with Crippen LogP contribution in [0.1, 0.15) is 32.3 Å². The first-order valence-electron chi connectivity index (χ1n) is 6.22. The molecule has 0 fully saturated rings. The van der Waals surface area contributed by atoms with Crippen molar-refractivity contribution in [2.75, 3.05) is 0 Å². The van der Waals surface area contributed by atoms with E-state index in [2.05, 4.69) is 21.2 Å². The minimum atomic E-state index is -1.16. The molecule has 19 heavy (non-hydrogen) atoms. The maximum atomic E-state index is 12.0. The quantitative estimate of drug-likeness (QED) is 0.844. The summed E-state index contributed by atoms with van der Waals surface area (Å²) in [4.78, 5) is 23.3. The Morgan fingerprint density at radius 2 is 1.95 bits per heavy atom. The molecular formula is C14H18BrNO3. The lowest BCUT2D eigenvalue weighted by molar-refractivity contribution is -0.148. The van der Waals surface area contributed by atoms with Crippen LogP contribution in [0.3, 0.4) is 0 Å². The maximum absolute atomic E-state index is 12.0. The lowest BCUT2D eigenvalue weighted by Crippen LogP contribution is -2.54. The number of aliphatic carboxylic acids is 1. The molecule has 0 saturated heterocycles. The number of rotatable bonds is 6. The van der Waals surface area contributed by atoms with E-state index in [1.807, 2.05) is 24.3 Å². The first kappa shape index (κ1) is 15.7. The van der Waals surface area contributed by atoms with Crippen molar-refractivity contribution in [1.82, 2.24) is 5.32 Å². The summed E-state index contributed by atoms with van der Waals surface area (Å²) in [5.41, 5.74) is -0.318. The van der Waals surface area contributed by atoms with Gasteiger partial charge in [0.1, 0.15) is 5.54 Å². The molecule has 4 nitrogen and oxygen atoms in total. The van der Waals surface area contributed by atoms with E-state index in [9.17, 15) is 14.7 Å².